The van der Waals surface area contributed by atoms with E-state index >= 15 is 0 Å². The lowest BCUT2D eigenvalue weighted by atomic mass is 10.0. The van der Waals surface area contributed by atoms with Gasteiger partial charge in [0.05, 0.1) is 13.2 Å². The zero-order chi connectivity index (χ0) is 14.2. The van der Waals surface area contributed by atoms with E-state index in [0.717, 1.165) is 56.0 Å². The number of nitrogens with two attached hydrogens (primary N) is 1. The highest BCUT2D eigenvalue weighted by atomic mass is 16.5. The fraction of sp³-hybridized carbons (Fsp3) is 0.500. The molecule has 1 heterocycles. The van der Waals surface area contributed by atoms with Crippen LogP contribution in [0.15, 0.2) is 36.1 Å². The summed E-state index contributed by atoms with van der Waals surface area (Å²) in [6.45, 7) is 3.69. The lowest BCUT2D eigenvalue weighted by Crippen LogP contribution is -2.31. The summed E-state index contributed by atoms with van der Waals surface area (Å²) in [7, 11) is 0. The molecule has 20 heavy (non-hydrogen) atoms. The molecular formula is C16H24N2O2. The number of hydrogen-bond acceptors (Lipinski definition) is 4. The van der Waals surface area contributed by atoms with Gasteiger partial charge in [0.2, 0.25) is 0 Å². The second-order valence-corrected chi connectivity index (χ2v) is 4.97. The first-order chi connectivity index (χ1) is 9.85. The normalized spacial score (nSPS) is 16.2. The van der Waals surface area contributed by atoms with Gasteiger partial charge in [-0.05, 0) is 43.0 Å². The molecule has 1 aliphatic heterocycles. The molecule has 1 aromatic rings. The third kappa shape index (κ3) is 3.99. The Bertz CT molecular complexity index is 429. The average Bonchev–Trinajstić information content (AvgIpc) is 2.51. The molecule has 1 aliphatic rings. The molecule has 0 amide bonds. The van der Waals surface area contributed by atoms with Gasteiger partial charge in [-0.15, -0.1) is 0 Å². The molecule has 110 valence electrons. The molecule has 3 N–H and O–H groups in total. The minimum absolute atomic E-state index is 0.0833. The minimum atomic E-state index is -0.0833. The number of rotatable bonds is 7. The van der Waals surface area contributed by atoms with Crippen molar-refractivity contribution < 1.29 is 9.47 Å². The molecule has 0 bridgehead atoms. The van der Waals surface area contributed by atoms with Gasteiger partial charge < -0.3 is 9.47 Å². The lowest BCUT2D eigenvalue weighted by molar-refractivity contribution is 0.168. The number of unbranched alkanes of at least 4 members (excludes halogenated alkanes) is 1. The average molecular weight is 276 g/mol. The first-order valence-electron chi connectivity index (χ1n) is 7.37. The van der Waals surface area contributed by atoms with Crippen LogP contribution in [0.5, 0.6) is 5.75 Å². The van der Waals surface area contributed by atoms with Crippen molar-refractivity contribution in [3.8, 4) is 5.75 Å². The minimum Gasteiger partial charge on any atom is -0.496 e. The van der Waals surface area contributed by atoms with Crippen molar-refractivity contribution >= 4 is 0 Å². The third-order valence-electron chi connectivity index (χ3n) is 3.39. The number of allylic oxidation sites excluding steroid dienone is 1. The van der Waals surface area contributed by atoms with E-state index in [1.165, 1.54) is 0 Å². The first-order valence-corrected chi connectivity index (χ1v) is 7.37. The molecule has 0 aliphatic carbocycles. The van der Waals surface area contributed by atoms with Gasteiger partial charge in [0.15, 0.2) is 0 Å². The molecule has 0 saturated carbocycles. The molecule has 0 spiro atoms. The Morgan fingerprint density at radius 3 is 2.75 bits per heavy atom. The number of ether oxygens (including phenoxy) is 2. The van der Waals surface area contributed by atoms with E-state index in [9.17, 15) is 0 Å². The fourth-order valence-corrected chi connectivity index (χ4v) is 2.21. The maximum Gasteiger partial charge on any atom is 0.119 e. The topological polar surface area (TPSA) is 56.5 Å². The van der Waals surface area contributed by atoms with Crippen LogP contribution in [0, 0.1) is 0 Å². The SMILES string of the molecule is CCCCOc1ccc(C(NN)C2=CCCCO2)cc1. The Balaban J connectivity index is 2.01. The molecule has 0 radical (unpaired) electrons. The predicted octanol–water partition coefficient (Wildman–Crippen LogP) is 3.06. The molecule has 1 aromatic carbocycles. The van der Waals surface area contributed by atoms with Gasteiger partial charge in [-0.3, -0.25) is 5.84 Å². The third-order valence-corrected chi connectivity index (χ3v) is 3.39. The molecule has 4 heteroatoms. The van der Waals surface area contributed by atoms with E-state index in [4.69, 9.17) is 15.3 Å². The van der Waals surface area contributed by atoms with Crippen molar-refractivity contribution in [2.45, 2.75) is 38.6 Å². The van der Waals surface area contributed by atoms with E-state index in [2.05, 4.69) is 18.4 Å². The summed E-state index contributed by atoms with van der Waals surface area (Å²) in [5, 5.41) is 0. The first kappa shape index (κ1) is 14.9. The van der Waals surface area contributed by atoms with Crippen molar-refractivity contribution in [1.29, 1.82) is 0 Å². The highest BCUT2D eigenvalue weighted by Gasteiger charge is 2.18. The van der Waals surface area contributed by atoms with Crippen molar-refractivity contribution in [2.75, 3.05) is 13.2 Å². The Hall–Kier alpha value is -1.52. The lowest BCUT2D eigenvalue weighted by Gasteiger charge is -2.23. The summed E-state index contributed by atoms with van der Waals surface area (Å²) in [5.41, 5.74) is 3.91. The van der Waals surface area contributed by atoms with Crippen LogP contribution in [0.25, 0.3) is 0 Å². The number of hydrogen-bond donors (Lipinski definition) is 2. The van der Waals surface area contributed by atoms with Crippen LogP contribution < -0.4 is 16.0 Å². The predicted molar refractivity (Wildman–Crippen MR) is 80.2 cm³/mol. The van der Waals surface area contributed by atoms with Crippen molar-refractivity contribution in [1.82, 2.24) is 5.43 Å². The van der Waals surface area contributed by atoms with Crippen LogP contribution in [0.3, 0.4) is 0 Å². The molecule has 2 rings (SSSR count). The van der Waals surface area contributed by atoms with Gasteiger partial charge >= 0.3 is 0 Å². The van der Waals surface area contributed by atoms with Crippen LogP contribution >= 0.6 is 0 Å². The second-order valence-electron chi connectivity index (χ2n) is 4.97. The molecule has 0 saturated heterocycles. The zero-order valence-electron chi connectivity index (χ0n) is 12.1. The van der Waals surface area contributed by atoms with E-state index in [1.54, 1.807) is 0 Å². The Morgan fingerprint density at radius 2 is 2.15 bits per heavy atom. The zero-order valence-corrected chi connectivity index (χ0v) is 12.1. The Kier molecular flexibility index (Phi) is 5.89. The van der Waals surface area contributed by atoms with Gasteiger partial charge in [-0.1, -0.05) is 25.5 Å². The van der Waals surface area contributed by atoms with E-state index < -0.39 is 0 Å². The highest BCUT2D eigenvalue weighted by Crippen LogP contribution is 2.26. The van der Waals surface area contributed by atoms with Crippen LogP contribution in [-0.4, -0.2) is 13.2 Å². The molecule has 1 unspecified atom stereocenters. The maximum absolute atomic E-state index is 5.68. The van der Waals surface area contributed by atoms with Gasteiger partial charge in [0, 0.05) is 0 Å². The molecule has 0 aromatic heterocycles. The smallest absolute Gasteiger partial charge is 0.119 e. The maximum atomic E-state index is 5.68. The highest BCUT2D eigenvalue weighted by molar-refractivity contribution is 5.32. The van der Waals surface area contributed by atoms with Gasteiger partial charge in [-0.2, -0.15) is 0 Å². The summed E-state index contributed by atoms with van der Waals surface area (Å²) in [6.07, 6.45) is 6.45. The molecule has 4 nitrogen and oxygen atoms in total. The quantitative estimate of drug-likeness (QED) is 0.456. The summed E-state index contributed by atoms with van der Waals surface area (Å²) in [5.74, 6) is 7.48. The van der Waals surface area contributed by atoms with Crippen molar-refractivity contribution in [3.05, 3.63) is 41.7 Å². The molecule has 0 fully saturated rings. The monoisotopic (exact) mass is 276 g/mol. The van der Waals surface area contributed by atoms with Crippen LogP contribution in [-0.2, 0) is 4.74 Å². The van der Waals surface area contributed by atoms with Gasteiger partial charge in [0.25, 0.3) is 0 Å². The second kappa shape index (κ2) is 7.92. The largest absolute Gasteiger partial charge is 0.496 e. The Labute approximate surface area is 120 Å². The summed E-state index contributed by atoms with van der Waals surface area (Å²) >= 11 is 0. The van der Waals surface area contributed by atoms with Crippen molar-refractivity contribution in [2.24, 2.45) is 5.84 Å². The van der Waals surface area contributed by atoms with Crippen LogP contribution in [0.4, 0.5) is 0 Å². The van der Waals surface area contributed by atoms with E-state index in [0.29, 0.717) is 0 Å². The van der Waals surface area contributed by atoms with Crippen LogP contribution in [0.1, 0.15) is 44.2 Å². The molecule has 1 atom stereocenters. The summed E-state index contributed by atoms with van der Waals surface area (Å²) in [6, 6.07) is 7.95. The number of nitrogens with one attached hydrogen (secondary N) is 1. The van der Waals surface area contributed by atoms with Gasteiger partial charge in [-0.25, -0.2) is 5.43 Å². The summed E-state index contributed by atoms with van der Waals surface area (Å²) < 4.78 is 11.3. The Morgan fingerprint density at radius 1 is 1.35 bits per heavy atom. The standard InChI is InChI=1S/C16H24N2O2/c1-2-3-11-19-14-9-7-13(8-10-14)16(18-17)15-6-4-5-12-20-15/h6-10,16,18H,2-5,11-12,17H2,1H3. The van der Waals surface area contributed by atoms with Gasteiger partial charge in [0.1, 0.15) is 17.6 Å². The number of benzene rings is 1. The molecular weight excluding hydrogens is 252 g/mol. The summed E-state index contributed by atoms with van der Waals surface area (Å²) in [4.78, 5) is 0. The number of hydrazine groups is 1. The fourth-order valence-electron chi connectivity index (χ4n) is 2.21. The van der Waals surface area contributed by atoms with E-state index in [-0.39, 0.29) is 6.04 Å². The van der Waals surface area contributed by atoms with Crippen LogP contribution in [0.2, 0.25) is 0 Å². The van der Waals surface area contributed by atoms with E-state index in [1.807, 2.05) is 24.3 Å². The van der Waals surface area contributed by atoms with Crippen molar-refractivity contribution in [3.63, 3.8) is 0 Å².